The van der Waals surface area contributed by atoms with Crippen LogP contribution in [0.1, 0.15) is 0 Å². The SMILES string of the molecule is c1ccc(-c2ccc3cc(-c4c5ccccc5c(-c5ccc6sc7ccc8sc9ccccc9c8c7c6c5)c5ccccc45)ccc3c2)cc1. The van der Waals surface area contributed by atoms with E-state index in [1.165, 1.54) is 106 Å². The van der Waals surface area contributed by atoms with Gasteiger partial charge in [0.2, 0.25) is 0 Å². The Kier molecular flexibility index (Phi) is 6.09. The van der Waals surface area contributed by atoms with E-state index >= 15 is 0 Å². The molecule has 0 fully saturated rings. The van der Waals surface area contributed by atoms with Crippen molar-refractivity contribution in [1.82, 2.24) is 0 Å². The van der Waals surface area contributed by atoms with Crippen LogP contribution in [0.25, 0.3) is 106 Å². The summed E-state index contributed by atoms with van der Waals surface area (Å²) in [6.07, 6.45) is 0. The van der Waals surface area contributed by atoms with Crippen molar-refractivity contribution < 1.29 is 0 Å². The van der Waals surface area contributed by atoms with E-state index in [-0.39, 0.29) is 0 Å². The molecule has 2 heteroatoms. The van der Waals surface area contributed by atoms with Gasteiger partial charge in [-0.05, 0) is 108 Å². The van der Waals surface area contributed by atoms with Crippen LogP contribution in [0, 0.1) is 0 Å². The van der Waals surface area contributed by atoms with Gasteiger partial charge in [-0.25, -0.2) is 0 Å². The first-order valence-corrected chi connectivity index (χ1v) is 18.7. The molecule has 0 saturated heterocycles. The highest BCUT2D eigenvalue weighted by Crippen LogP contribution is 2.48. The lowest BCUT2D eigenvalue weighted by atomic mass is 9.85. The van der Waals surface area contributed by atoms with Crippen molar-refractivity contribution in [3.05, 3.63) is 170 Å². The summed E-state index contributed by atoms with van der Waals surface area (Å²) in [5.74, 6) is 0. The van der Waals surface area contributed by atoms with Crippen LogP contribution >= 0.6 is 22.7 Å². The number of hydrogen-bond donors (Lipinski definition) is 0. The van der Waals surface area contributed by atoms with Crippen molar-refractivity contribution in [2.75, 3.05) is 0 Å². The monoisotopic (exact) mass is 668 g/mol. The van der Waals surface area contributed by atoms with Crippen LogP contribution in [-0.2, 0) is 0 Å². The first-order chi connectivity index (χ1) is 24.8. The van der Waals surface area contributed by atoms with Gasteiger partial charge in [-0.3, -0.25) is 0 Å². The van der Waals surface area contributed by atoms with E-state index in [1.54, 1.807) is 0 Å². The van der Waals surface area contributed by atoms with Crippen LogP contribution in [0.15, 0.2) is 170 Å². The lowest BCUT2D eigenvalue weighted by molar-refractivity contribution is 1.64. The second-order valence-corrected chi connectivity index (χ2v) is 15.4. The van der Waals surface area contributed by atoms with E-state index in [0.717, 1.165) is 0 Å². The van der Waals surface area contributed by atoms with Gasteiger partial charge in [-0.2, -0.15) is 0 Å². The number of thiophene rings is 2. The molecule has 9 aromatic carbocycles. The van der Waals surface area contributed by atoms with Crippen LogP contribution in [-0.4, -0.2) is 0 Å². The molecule has 0 aliphatic rings. The highest BCUT2D eigenvalue weighted by atomic mass is 32.1. The Hall–Kier alpha value is -5.80. The van der Waals surface area contributed by atoms with Crippen molar-refractivity contribution in [2.24, 2.45) is 0 Å². The van der Waals surface area contributed by atoms with Crippen molar-refractivity contribution in [3.63, 3.8) is 0 Å². The van der Waals surface area contributed by atoms with Gasteiger partial charge in [0.05, 0.1) is 0 Å². The van der Waals surface area contributed by atoms with Crippen molar-refractivity contribution in [3.8, 4) is 33.4 Å². The van der Waals surface area contributed by atoms with Gasteiger partial charge in [-0.15, -0.1) is 22.7 Å². The van der Waals surface area contributed by atoms with Gasteiger partial charge in [-0.1, -0.05) is 127 Å². The van der Waals surface area contributed by atoms with Crippen molar-refractivity contribution in [1.29, 1.82) is 0 Å². The fourth-order valence-corrected chi connectivity index (χ4v) is 10.4. The molecule has 11 rings (SSSR count). The Morgan fingerprint density at radius 1 is 0.260 bits per heavy atom. The summed E-state index contributed by atoms with van der Waals surface area (Å²) in [6.45, 7) is 0. The molecular formula is C48H28S2. The topological polar surface area (TPSA) is 0 Å². The largest absolute Gasteiger partial charge is 0.135 e. The van der Waals surface area contributed by atoms with E-state index in [0.29, 0.717) is 0 Å². The third kappa shape index (κ3) is 4.16. The molecule has 0 unspecified atom stereocenters. The maximum Gasteiger partial charge on any atom is 0.0362 e. The fraction of sp³-hybridized carbons (Fsp3) is 0. The molecule has 50 heavy (non-hydrogen) atoms. The Labute approximate surface area is 297 Å². The fourth-order valence-electron chi connectivity index (χ4n) is 8.20. The first kappa shape index (κ1) is 28.1. The van der Waals surface area contributed by atoms with Crippen LogP contribution < -0.4 is 0 Å². The third-order valence-corrected chi connectivity index (χ3v) is 12.7. The van der Waals surface area contributed by atoms with Gasteiger partial charge in [0.15, 0.2) is 0 Å². The quantitative estimate of drug-likeness (QED) is 0.164. The van der Waals surface area contributed by atoms with E-state index in [2.05, 4.69) is 170 Å². The Bertz CT molecular complexity index is 3080. The zero-order chi connectivity index (χ0) is 32.8. The standard InChI is InChI=1S/C48H28S2/c1-2-10-29(11-3-1)30-18-19-32-27-33(21-20-31(32)26-30)45-35-12-4-6-14-37(35)46(38-15-7-5-13-36(38)45)34-22-23-42-40(28-34)48-44(50-42)25-24-43-47(48)39-16-8-9-17-41(39)49-43/h1-28H. The van der Waals surface area contributed by atoms with Gasteiger partial charge in [0.1, 0.15) is 0 Å². The summed E-state index contributed by atoms with van der Waals surface area (Å²) >= 11 is 3.80. The van der Waals surface area contributed by atoms with Crippen molar-refractivity contribution >= 4 is 95.3 Å². The maximum atomic E-state index is 2.47. The summed E-state index contributed by atoms with van der Waals surface area (Å²) in [4.78, 5) is 0. The molecule has 0 radical (unpaired) electrons. The molecule has 0 aliphatic carbocycles. The van der Waals surface area contributed by atoms with Crippen LogP contribution in [0.4, 0.5) is 0 Å². The van der Waals surface area contributed by atoms with Gasteiger partial charge >= 0.3 is 0 Å². The predicted molar refractivity (Wildman–Crippen MR) is 221 cm³/mol. The molecular weight excluding hydrogens is 641 g/mol. The van der Waals surface area contributed by atoms with Crippen LogP contribution in [0.2, 0.25) is 0 Å². The maximum absolute atomic E-state index is 2.47. The minimum Gasteiger partial charge on any atom is -0.135 e. The van der Waals surface area contributed by atoms with Crippen LogP contribution in [0.3, 0.4) is 0 Å². The molecule has 0 atom stereocenters. The molecule has 0 saturated carbocycles. The highest BCUT2D eigenvalue weighted by molar-refractivity contribution is 7.28. The van der Waals surface area contributed by atoms with Gasteiger partial charge in [0.25, 0.3) is 0 Å². The molecule has 2 aromatic heterocycles. The first-order valence-electron chi connectivity index (χ1n) is 17.1. The molecule has 232 valence electrons. The second-order valence-electron chi connectivity index (χ2n) is 13.2. The minimum absolute atomic E-state index is 1.24. The molecule has 0 N–H and O–H groups in total. The average Bonchev–Trinajstić information content (AvgIpc) is 3.74. The zero-order valence-corrected chi connectivity index (χ0v) is 28.6. The molecule has 0 aliphatic heterocycles. The minimum atomic E-state index is 1.24. The lowest BCUT2D eigenvalue weighted by Crippen LogP contribution is -1.91. The molecule has 0 nitrogen and oxygen atoms in total. The Morgan fingerprint density at radius 3 is 1.34 bits per heavy atom. The summed E-state index contributed by atoms with van der Waals surface area (Å²) in [7, 11) is 0. The zero-order valence-electron chi connectivity index (χ0n) is 27.0. The predicted octanol–water partition coefficient (Wildman–Crippen LogP) is 14.9. The summed E-state index contributed by atoms with van der Waals surface area (Å²) in [5, 5.41) is 13.1. The summed E-state index contributed by atoms with van der Waals surface area (Å²) < 4.78 is 5.40. The van der Waals surface area contributed by atoms with E-state index in [9.17, 15) is 0 Å². The average molecular weight is 669 g/mol. The molecule has 0 bridgehead atoms. The summed E-state index contributed by atoms with van der Waals surface area (Å²) in [6, 6.07) is 63.1. The molecule has 0 spiro atoms. The van der Waals surface area contributed by atoms with Gasteiger partial charge < -0.3 is 0 Å². The smallest absolute Gasteiger partial charge is 0.0362 e. The number of fused-ring (bicyclic) bond motifs is 10. The number of hydrogen-bond acceptors (Lipinski definition) is 2. The van der Waals surface area contributed by atoms with Gasteiger partial charge in [0, 0.05) is 40.3 Å². The lowest BCUT2D eigenvalue weighted by Gasteiger charge is -2.18. The Morgan fingerprint density at radius 2 is 0.700 bits per heavy atom. The van der Waals surface area contributed by atoms with E-state index in [4.69, 9.17) is 0 Å². The number of rotatable bonds is 3. The third-order valence-electron chi connectivity index (χ3n) is 10.4. The van der Waals surface area contributed by atoms with E-state index in [1.807, 2.05) is 22.7 Å². The summed E-state index contributed by atoms with van der Waals surface area (Å²) in [5.41, 5.74) is 7.59. The number of benzene rings is 9. The van der Waals surface area contributed by atoms with E-state index < -0.39 is 0 Å². The second kappa shape index (κ2) is 10.9. The molecule has 2 heterocycles. The molecule has 0 amide bonds. The molecule has 11 aromatic rings. The normalized spacial score (nSPS) is 12.0. The highest BCUT2D eigenvalue weighted by Gasteiger charge is 2.19. The van der Waals surface area contributed by atoms with Crippen LogP contribution in [0.5, 0.6) is 0 Å². The van der Waals surface area contributed by atoms with Crippen molar-refractivity contribution in [2.45, 2.75) is 0 Å². The Balaban J connectivity index is 1.16.